The summed E-state index contributed by atoms with van der Waals surface area (Å²) in [5, 5.41) is 10.9. The van der Waals surface area contributed by atoms with Gasteiger partial charge in [-0.05, 0) is 48.9 Å². The van der Waals surface area contributed by atoms with Crippen LogP contribution in [0.1, 0.15) is 12.5 Å². The van der Waals surface area contributed by atoms with Gasteiger partial charge in [-0.1, -0.05) is 12.1 Å². The molecule has 1 aliphatic rings. The molecule has 4 N–H and O–H groups in total. The Balaban J connectivity index is 1.46. The van der Waals surface area contributed by atoms with Crippen LogP contribution in [-0.4, -0.2) is 36.5 Å². The minimum absolute atomic E-state index is 0.00615. The van der Waals surface area contributed by atoms with Gasteiger partial charge in [0, 0.05) is 30.2 Å². The molecule has 0 bridgehead atoms. The minimum Gasteiger partial charge on any atom is -0.338 e. The fourth-order valence-electron chi connectivity index (χ4n) is 3.11. The van der Waals surface area contributed by atoms with Gasteiger partial charge in [-0.3, -0.25) is 9.98 Å². The van der Waals surface area contributed by atoms with Gasteiger partial charge in [-0.15, -0.1) is 0 Å². The zero-order valence-electron chi connectivity index (χ0n) is 17.0. The molecule has 9 nitrogen and oxygen atoms in total. The highest BCUT2D eigenvalue weighted by Gasteiger charge is 2.23. The SMILES string of the molecule is CC1(Cc2ccc(Nc3nc(Nc4ccc(S(N)(=O)=O)cc4)ncc3F)cc2)N=CC=N1. The summed E-state index contributed by atoms with van der Waals surface area (Å²) in [5.74, 6) is -0.488. The highest BCUT2D eigenvalue weighted by atomic mass is 32.2. The number of primary sulfonamides is 1. The normalized spacial score (nSPS) is 14.5. The summed E-state index contributed by atoms with van der Waals surface area (Å²) in [7, 11) is -3.79. The Morgan fingerprint density at radius 1 is 0.969 bits per heavy atom. The topological polar surface area (TPSA) is 135 Å². The third-order valence-electron chi connectivity index (χ3n) is 4.71. The van der Waals surface area contributed by atoms with Crippen LogP contribution < -0.4 is 15.8 Å². The van der Waals surface area contributed by atoms with Crippen LogP contribution in [0.15, 0.2) is 69.6 Å². The first-order valence-corrected chi connectivity index (χ1v) is 11.1. The number of hydrogen-bond donors (Lipinski definition) is 3. The van der Waals surface area contributed by atoms with E-state index in [0.717, 1.165) is 11.8 Å². The molecule has 0 aliphatic carbocycles. The Morgan fingerprint density at radius 3 is 2.19 bits per heavy atom. The monoisotopic (exact) mass is 453 g/mol. The number of nitrogens with two attached hydrogens (primary N) is 1. The lowest BCUT2D eigenvalue weighted by atomic mass is 10.0. The third kappa shape index (κ3) is 5.13. The fourth-order valence-corrected chi connectivity index (χ4v) is 3.63. The van der Waals surface area contributed by atoms with E-state index in [1.165, 1.54) is 24.3 Å². The molecular weight excluding hydrogens is 433 g/mol. The van der Waals surface area contributed by atoms with Crippen molar-refractivity contribution in [3.63, 3.8) is 0 Å². The first kappa shape index (κ1) is 21.5. The summed E-state index contributed by atoms with van der Waals surface area (Å²) < 4.78 is 37.0. The van der Waals surface area contributed by atoms with Gasteiger partial charge in [0.1, 0.15) is 0 Å². The Morgan fingerprint density at radius 2 is 1.56 bits per heavy atom. The lowest BCUT2D eigenvalue weighted by Gasteiger charge is -2.17. The molecule has 0 amide bonds. The van der Waals surface area contributed by atoms with Crippen molar-refractivity contribution in [3.05, 3.63) is 66.1 Å². The van der Waals surface area contributed by atoms with Crippen molar-refractivity contribution in [2.75, 3.05) is 10.6 Å². The maximum Gasteiger partial charge on any atom is 0.238 e. The number of rotatable bonds is 7. The van der Waals surface area contributed by atoms with Crippen LogP contribution in [0, 0.1) is 5.82 Å². The molecule has 3 aromatic rings. The first-order chi connectivity index (χ1) is 15.2. The summed E-state index contributed by atoms with van der Waals surface area (Å²) in [6.45, 7) is 1.95. The van der Waals surface area contributed by atoms with Gasteiger partial charge in [-0.2, -0.15) is 4.98 Å². The number of aromatic nitrogens is 2. The maximum absolute atomic E-state index is 14.3. The Kier molecular flexibility index (Phi) is 5.68. The summed E-state index contributed by atoms with van der Waals surface area (Å²) in [5.41, 5.74) is 1.73. The second-order valence-electron chi connectivity index (χ2n) is 7.36. The van der Waals surface area contributed by atoms with Crippen LogP contribution in [0.3, 0.4) is 0 Å². The zero-order valence-corrected chi connectivity index (χ0v) is 17.8. The molecule has 32 heavy (non-hydrogen) atoms. The van der Waals surface area contributed by atoms with Gasteiger partial charge < -0.3 is 10.6 Å². The van der Waals surface area contributed by atoms with Gasteiger partial charge >= 0.3 is 0 Å². The number of hydrogen-bond acceptors (Lipinski definition) is 8. The smallest absolute Gasteiger partial charge is 0.238 e. The number of aliphatic imine (C=N–C) groups is 2. The van der Waals surface area contributed by atoms with Crippen molar-refractivity contribution >= 4 is 45.6 Å². The van der Waals surface area contributed by atoms with E-state index in [0.29, 0.717) is 17.8 Å². The number of sulfonamides is 1. The molecule has 4 rings (SSSR count). The number of benzene rings is 2. The Bertz CT molecular complexity index is 1280. The van der Waals surface area contributed by atoms with Crippen molar-refractivity contribution < 1.29 is 12.8 Å². The number of halogens is 1. The molecule has 0 spiro atoms. The highest BCUT2D eigenvalue weighted by Crippen LogP contribution is 2.24. The molecule has 1 aliphatic heterocycles. The van der Waals surface area contributed by atoms with Crippen molar-refractivity contribution in [2.45, 2.75) is 23.9 Å². The van der Waals surface area contributed by atoms with E-state index in [-0.39, 0.29) is 16.7 Å². The van der Waals surface area contributed by atoms with Crippen LogP contribution >= 0.6 is 0 Å². The lowest BCUT2D eigenvalue weighted by molar-refractivity contribution is 0.507. The second kappa shape index (κ2) is 8.44. The number of nitrogens with one attached hydrogen (secondary N) is 2. The van der Waals surface area contributed by atoms with Gasteiger partial charge in [0.25, 0.3) is 0 Å². The van der Waals surface area contributed by atoms with Gasteiger partial charge in [0.15, 0.2) is 17.3 Å². The summed E-state index contributed by atoms with van der Waals surface area (Å²) in [6, 6.07) is 13.2. The van der Waals surface area contributed by atoms with E-state index in [2.05, 4.69) is 30.6 Å². The molecule has 0 radical (unpaired) electrons. The standard InChI is InChI=1S/C21H20FN7O2S/c1-21(25-10-11-26-21)12-14-2-4-15(5-3-14)27-19-18(22)13-24-20(29-19)28-16-6-8-17(9-7-16)32(23,30)31/h2-11,13H,12H2,1H3,(H2,23,30,31)(H2,24,27,28,29). The predicted octanol–water partition coefficient (Wildman–Crippen LogP) is 3.16. The molecule has 0 saturated heterocycles. The second-order valence-corrected chi connectivity index (χ2v) is 8.92. The molecule has 0 fully saturated rings. The van der Waals surface area contributed by atoms with Crippen molar-refractivity contribution in [3.8, 4) is 0 Å². The molecule has 2 heterocycles. The largest absolute Gasteiger partial charge is 0.338 e. The Labute approximate surface area is 184 Å². The van der Waals surface area contributed by atoms with E-state index in [1.54, 1.807) is 12.4 Å². The number of nitrogens with zero attached hydrogens (tertiary/aromatic N) is 4. The molecule has 11 heteroatoms. The fraction of sp³-hybridized carbons (Fsp3) is 0.143. The lowest BCUT2D eigenvalue weighted by Crippen LogP contribution is -2.19. The molecule has 0 atom stereocenters. The van der Waals surface area contributed by atoms with Crippen molar-refractivity contribution in [2.24, 2.45) is 15.1 Å². The highest BCUT2D eigenvalue weighted by molar-refractivity contribution is 7.89. The van der Waals surface area contributed by atoms with Gasteiger partial charge in [0.05, 0.1) is 11.1 Å². The van der Waals surface area contributed by atoms with Crippen LogP contribution in [0.4, 0.5) is 27.5 Å². The van der Waals surface area contributed by atoms with Crippen LogP contribution in [0.5, 0.6) is 0 Å². The van der Waals surface area contributed by atoms with E-state index in [9.17, 15) is 12.8 Å². The van der Waals surface area contributed by atoms with E-state index < -0.39 is 21.5 Å². The molecule has 1 aromatic heterocycles. The van der Waals surface area contributed by atoms with Crippen molar-refractivity contribution in [1.29, 1.82) is 0 Å². The van der Waals surface area contributed by atoms with E-state index >= 15 is 0 Å². The molecule has 0 saturated carbocycles. The molecule has 2 aromatic carbocycles. The number of anilines is 4. The predicted molar refractivity (Wildman–Crippen MR) is 122 cm³/mol. The zero-order chi connectivity index (χ0) is 22.8. The maximum atomic E-state index is 14.3. The Hall–Kier alpha value is -3.70. The average molecular weight is 454 g/mol. The van der Waals surface area contributed by atoms with Crippen LogP contribution in [0.25, 0.3) is 0 Å². The van der Waals surface area contributed by atoms with Crippen molar-refractivity contribution in [1.82, 2.24) is 9.97 Å². The minimum atomic E-state index is -3.79. The first-order valence-electron chi connectivity index (χ1n) is 9.58. The average Bonchev–Trinajstić information content (AvgIpc) is 3.17. The van der Waals surface area contributed by atoms with Gasteiger partial charge in [0.2, 0.25) is 16.0 Å². The summed E-state index contributed by atoms with van der Waals surface area (Å²) >= 11 is 0. The summed E-state index contributed by atoms with van der Waals surface area (Å²) in [4.78, 5) is 16.8. The summed E-state index contributed by atoms with van der Waals surface area (Å²) in [6.07, 6.45) is 5.07. The molecular formula is C21H20FN7O2S. The van der Waals surface area contributed by atoms with Crippen LogP contribution in [-0.2, 0) is 16.4 Å². The quantitative estimate of drug-likeness (QED) is 0.503. The molecule has 0 unspecified atom stereocenters. The van der Waals surface area contributed by atoms with E-state index in [1.807, 2.05) is 31.2 Å². The molecule has 164 valence electrons. The third-order valence-corrected chi connectivity index (χ3v) is 5.64. The van der Waals surface area contributed by atoms with Gasteiger partial charge in [-0.25, -0.2) is 22.9 Å². The van der Waals surface area contributed by atoms with Crippen LogP contribution in [0.2, 0.25) is 0 Å². The van der Waals surface area contributed by atoms with E-state index in [4.69, 9.17) is 5.14 Å².